The summed E-state index contributed by atoms with van der Waals surface area (Å²) in [6.07, 6.45) is 5.74. The van der Waals surface area contributed by atoms with E-state index in [2.05, 4.69) is 35.2 Å². The smallest absolute Gasteiger partial charge is 0.123 e. The first-order chi connectivity index (χ1) is 16.2. The van der Waals surface area contributed by atoms with Crippen LogP contribution < -0.4 is 0 Å². The third-order valence-corrected chi connectivity index (χ3v) is 7.35. The molecular formula is C29H31F2NO. The highest BCUT2D eigenvalue weighted by atomic mass is 19.1. The Balaban J connectivity index is 1.20. The van der Waals surface area contributed by atoms with E-state index < -0.39 is 0 Å². The molecule has 1 unspecified atom stereocenters. The van der Waals surface area contributed by atoms with Crippen LogP contribution in [-0.4, -0.2) is 23.6 Å². The minimum Gasteiger partial charge on any atom is -0.369 e. The van der Waals surface area contributed by atoms with Crippen LogP contribution in [0.3, 0.4) is 0 Å². The van der Waals surface area contributed by atoms with Crippen molar-refractivity contribution in [3.63, 3.8) is 0 Å². The first kappa shape index (κ1) is 22.2. The van der Waals surface area contributed by atoms with Crippen molar-refractivity contribution >= 4 is 0 Å². The topological polar surface area (TPSA) is 12.5 Å². The Morgan fingerprint density at radius 3 is 1.85 bits per heavy atom. The van der Waals surface area contributed by atoms with Gasteiger partial charge in [-0.3, -0.25) is 4.90 Å². The molecule has 2 fully saturated rings. The van der Waals surface area contributed by atoms with Crippen LogP contribution in [0.15, 0.2) is 78.9 Å². The van der Waals surface area contributed by atoms with Crippen molar-refractivity contribution in [3.05, 3.63) is 107 Å². The zero-order valence-corrected chi connectivity index (χ0v) is 18.9. The molecular weight excluding hydrogens is 416 g/mol. The summed E-state index contributed by atoms with van der Waals surface area (Å²) in [4.78, 5) is 2.71. The van der Waals surface area contributed by atoms with Crippen LogP contribution >= 0.6 is 0 Å². The molecule has 2 heterocycles. The fraction of sp³-hybridized carbons (Fsp3) is 0.379. The molecule has 0 saturated carbocycles. The highest BCUT2D eigenvalue weighted by Gasteiger charge is 2.40. The van der Waals surface area contributed by atoms with Crippen LogP contribution in [0.2, 0.25) is 0 Å². The molecule has 33 heavy (non-hydrogen) atoms. The van der Waals surface area contributed by atoms with E-state index in [4.69, 9.17) is 4.74 Å². The van der Waals surface area contributed by atoms with Gasteiger partial charge in [0.05, 0.1) is 0 Å². The van der Waals surface area contributed by atoms with Crippen molar-refractivity contribution < 1.29 is 13.5 Å². The number of hydrogen-bond donors (Lipinski definition) is 0. The minimum absolute atomic E-state index is 0.269. The van der Waals surface area contributed by atoms with Gasteiger partial charge in [-0.2, -0.15) is 0 Å². The van der Waals surface area contributed by atoms with Crippen LogP contribution in [0, 0.1) is 17.6 Å². The second kappa shape index (κ2) is 10.1. The molecule has 0 N–H and O–H groups in total. The summed E-state index contributed by atoms with van der Waals surface area (Å²) < 4.78 is 33.3. The van der Waals surface area contributed by atoms with Crippen molar-refractivity contribution in [2.45, 2.75) is 56.8 Å². The maximum Gasteiger partial charge on any atom is 0.123 e. The average Bonchev–Trinajstić information content (AvgIpc) is 3.06. The molecule has 4 heteroatoms. The molecule has 2 aliphatic heterocycles. The van der Waals surface area contributed by atoms with E-state index in [1.807, 2.05) is 0 Å². The van der Waals surface area contributed by atoms with Crippen molar-refractivity contribution in [3.8, 4) is 0 Å². The number of piperidine rings is 1. The second-order valence-corrected chi connectivity index (χ2v) is 9.52. The van der Waals surface area contributed by atoms with Crippen molar-refractivity contribution in [2.24, 2.45) is 5.92 Å². The molecule has 0 aromatic heterocycles. The Kier molecular flexibility index (Phi) is 6.84. The number of hydrogen-bond acceptors (Lipinski definition) is 2. The van der Waals surface area contributed by atoms with E-state index in [0.717, 1.165) is 24.1 Å². The van der Waals surface area contributed by atoms with E-state index >= 15 is 0 Å². The summed E-state index contributed by atoms with van der Waals surface area (Å²) in [5.74, 6) is 0.125. The first-order valence-corrected chi connectivity index (χ1v) is 12.1. The number of fused-ring (bicyclic) bond motifs is 2. The van der Waals surface area contributed by atoms with Crippen LogP contribution in [0.5, 0.6) is 0 Å². The Morgan fingerprint density at radius 1 is 0.758 bits per heavy atom. The number of rotatable bonds is 8. The highest BCUT2D eigenvalue weighted by Crippen LogP contribution is 2.41. The molecule has 2 saturated heterocycles. The van der Waals surface area contributed by atoms with Crippen LogP contribution in [-0.2, 0) is 11.3 Å². The van der Waals surface area contributed by atoms with Crippen molar-refractivity contribution in [1.82, 2.24) is 4.90 Å². The summed E-state index contributed by atoms with van der Waals surface area (Å²) in [5.41, 5.74) is 3.18. The largest absolute Gasteiger partial charge is 0.369 e. The summed E-state index contributed by atoms with van der Waals surface area (Å²) in [6, 6.07) is 25.0. The fourth-order valence-corrected chi connectivity index (χ4v) is 5.69. The standard InChI is InChI=1S/C29H31F2NO/c30-25-10-6-23(7-11-25)29(24-8-12-26(31)13-9-24)33-17-16-22-18-27-14-15-28(19-22)32(27)20-21-4-2-1-3-5-21/h1-13,22,27-29H,14-20H2/t22?,27-,28+. The van der Waals surface area contributed by atoms with Gasteiger partial charge in [0.1, 0.15) is 17.7 Å². The van der Waals surface area contributed by atoms with Gasteiger partial charge in [-0.1, -0.05) is 54.6 Å². The zero-order valence-electron chi connectivity index (χ0n) is 18.9. The van der Waals surface area contributed by atoms with Crippen LogP contribution in [0.1, 0.15) is 54.9 Å². The van der Waals surface area contributed by atoms with Gasteiger partial charge in [-0.25, -0.2) is 8.78 Å². The third-order valence-electron chi connectivity index (χ3n) is 7.35. The van der Waals surface area contributed by atoms with Crippen LogP contribution in [0.4, 0.5) is 8.78 Å². The molecule has 5 rings (SSSR count). The molecule has 0 radical (unpaired) electrons. The Morgan fingerprint density at radius 2 is 1.30 bits per heavy atom. The molecule has 2 bridgehead atoms. The van der Waals surface area contributed by atoms with E-state index in [-0.39, 0.29) is 17.7 Å². The quantitative estimate of drug-likeness (QED) is 0.372. The molecule has 3 aromatic carbocycles. The normalized spacial score (nSPS) is 22.7. The Bertz CT molecular complexity index is 962. The summed E-state index contributed by atoms with van der Waals surface area (Å²) >= 11 is 0. The van der Waals surface area contributed by atoms with E-state index in [1.54, 1.807) is 24.3 Å². The van der Waals surface area contributed by atoms with Crippen molar-refractivity contribution in [2.75, 3.05) is 6.61 Å². The highest BCUT2D eigenvalue weighted by molar-refractivity contribution is 5.30. The lowest BCUT2D eigenvalue weighted by atomic mass is 9.88. The molecule has 3 aromatic rings. The average molecular weight is 448 g/mol. The van der Waals surface area contributed by atoms with E-state index in [0.29, 0.717) is 24.6 Å². The molecule has 3 atom stereocenters. The number of ether oxygens (including phenoxy) is 1. The van der Waals surface area contributed by atoms with E-state index in [9.17, 15) is 8.78 Å². The maximum atomic E-state index is 13.5. The molecule has 2 nitrogen and oxygen atoms in total. The molecule has 0 spiro atoms. The predicted molar refractivity (Wildman–Crippen MR) is 127 cm³/mol. The number of halogens is 2. The number of benzene rings is 3. The second-order valence-electron chi connectivity index (χ2n) is 9.52. The predicted octanol–water partition coefficient (Wildman–Crippen LogP) is 6.90. The fourth-order valence-electron chi connectivity index (χ4n) is 5.69. The lowest BCUT2D eigenvalue weighted by Gasteiger charge is -2.39. The van der Waals surface area contributed by atoms with Gasteiger partial charge in [-0.15, -0.1) is 0 Å². The summed E-state index contributed by atoms with van der Waals surface area (Å²) in [7, 11) is 0. The minimum atomic E-state index is -0.318. The van der Waals surface area contributed by atoms with E-state index in [1.165, 1.54) is 55.5 Å². The van der Waals surface area contributed by atoms with Gasteiger partial charge >= 0.3 is 0 Å². The summed E-state index contributed by atoms with van der Waals surface area (Å²) in [5, 5.41) is 0. The van der Waals surface area contributed by atoms with Gasteiger partial charge < -0.3 is 4.74 Å². The zero-order chi connectivity index (χ0) is 22.6. The molecule has 0 amide bonds. The lowest BCUT2D eigenvalue weighted by molar-refractivity contribution is 0.0441. The monoisotopic (exact) mass is 447 g/mol. The lowest BCUT2D eigenvalue weighted by Crippen LogP contribution is -2.42. The Labute approximate surface area is 195 Å². The molecule has 172 valence electrons. The SMILES string of the molecule is Fc1ccc(C(OCCC2C[C@H]3CC[C@@H](C2)N3Cc2ccccc2)c2ccc(F)cc2)cc1. The third kappa shape index (κ3) is 5.34. The maximum absolute atomic E-state index is 13.5. The van der Waals surface area contributed by atoms with Gasteiger partial charge in [0.25, 0.3) is 0 Å². The van der Waals surface area contributed by atoms with Gasteiger partial charge in [0.2, 0.25) is 0 Å². The summed E-state index contributed by atoms with van der Waals surface area (Å²) in [6.45, 7) is 1.69. The Hall–Kier alpha value is -2.56. The van der Waals surface area contributed by atoms with Crippen LogP contribution in [0.25, 0.3) is 0 Å². The molecule has 0 aliphatic carbocycles. The number of nitrogens with zero attached hydrogens (tertiary/aromatic N) is 1. The van der Waals surface area contributed by atoms with Gasteiger partial charge in [-0.05, 0) is 79.0 Å². The van der Waals surface area contributed by atoms with Crippen molar-refractivity contribution in [1.29, 1.82) is 0 Å². The molecule has 2 aliphatic rings. The first-order valence-electron chi connectivity index (χ1n) is 12.1. The van der Waals surface area contributed by atoms with Gasteiger partial charge in [0.15, 0.2) is 0 Å². The van der Waals surface area contributed by atoms with Gasteiger partial charge in [0, 0.05) is 25.2 Å².